The number of carbonyl (C=O) groups is 1. The molecule has 0 spiro atoms. The molecule has 0 heterocycles. The normalized spacial score (nSPS) is 34.9. The average molecular weight is 389 g/mol. The van der Waals surface area contributed by atoms with Crippen LogP contribution >= 0.6 is 0 Å². The summed E-state index contributed by atoms with van der Waals surface area (Å²) in [4.78, 5) is 13.2. The summed E-state index contributed by atoms with van der Waals surface area (Å²) in [7, 11) is 0. The van der Waals surface area contributed by atoms with Crippen LogP contribution in [0.15, 0.2) is 23.3 Å². The van der Waals surface area contributed by atoms with Gasteiger partial charge in [-0.25, -0.2) is 0 Å². The summed E-state index contributed by atoms with van der Waals surface area (Å²) in [6, 6.07) is 0. The number of aliphatic hydroxyl groups is 1. The van der Waals surface area contributed by atoms with Gasteiger partial charge in [0.05, 0.1) is 12.0 Å². The molecule has 3 N–H and O–H groups in total. The summed E-state index contributed by atoms with van der Waals surface area (Å²) in [6.45, 7) is 11.3. The van der Waals surface area contributed by atoms with Gasteiger partial charge in [0.15, 0.2) is 0 Å². The highest BCUT2D eigenvalue weighted by Gasteiger charge is 2.56. The maximum absolute atomic E-state index is 13.2. The highest BCUT2D eigenvalue weighted by atomic mass is 16.3. The van der Waals surface area contributed by atoms with E-state index >= 15 is 0 Å². The van der Waals surface area contributed by atoms with Crippen molar-refractivity contribution in [3.05, 3.63) is 23.3 Å². The summed E-state index contributed by atoms with van der Waals surface area (Å²) in [5.41, 5.74) is 3.08. The van der Waals surface area contributed by atoms with Gasteiger partial charge >= 0.3 is 0 Å². The van der Waals surface area contributed by atoms with E-state index in [2.05, 4.69) is 50.5 Å². The fraction of sp³-hybridized carbons (Fsp3) is 0.792. The maximum Gasteiger partial charge on any atom is 0.226 e. The zero-order valence-corrected chi connectivity index (χ0v) is 18.3. The molecule has 0 aliphatic heterocycles. The van der Waals surface area contributed by atoms with Crippen LogP contribution in [0.25, 0.3) is 0 Å². The second-order valence-electron chi connectivity index (χ2n) is 9.96. The Kier molecular flexibility index (Phi) is 6.71. The minimum atomic E-state index is -0.284. The van der Waals surface area contributed by atoms with E-state index in [-0.39, 0.29) is 23.3 Å². The predicted molar refractivity (Wildman–Crippen MR) is 115 cm³/mol. The first-order chi connectivity index (χ1) is 13.3. The lowest BCUT2D eigenvalue weighted by molar-refractivity contribution is -0.144. The molecule has 4 nitrogen and oxygen atoms in total. The first-order valence-corrected chi connectivity index (χ1v) is 11.3. The third-order valence-corrected chi connectivity index (χ3v) is 7.97. The molecular formula is C24H40N2O2. The van der Waals surface area contributed by atoms with E-state index in [1.165, 1.54) is 19.3 Å². The van der Waals surface area contributed by atoms with Gasteiger partial charge in [-0.3, -0.25) is 4.79 Å². The van der Waals surface area contributed by atoms with E-state index in [0.29, 0.717) is 37.4 Å². The topological polar surface area (TPSA) is 61.4 Å². The molecule has 158 valence electrons. The fourth-order valence-corrected chi connectivity index (χ4v) is 6.29. The van der Waals surface area contributed by atoms with Crippen LogP contribution in [-0.4, -0.2) is 37.3 Å². The molecule has 4 heteroatoms. The number of hydrogen-bond acceptors (Lipinski definition) is 3. The Hall–Kier alpha value is -1.13. The van der Waals surface area contributed by atoms with Gasteiger partial charge in [-0.1, -0.05) is 51.8 Å². The van der Waals surface area contributed by atoms with Gasteiger partial charge in [-0.2, -0.15) is 0 Å². The van der Waals surface area contributed by atoms with Gasteiger partial charge < -0.3 is 15.7 Å². The lowest BCUT2D eigenvalue weighted by atomic mass is 9.46. The lowest BCUT2D eigenvalue weighted by Gasteiger charge is -2.57. The van der Waals surface area contributed by atoms with E-state index in [9.17, 15) is 4.79 Å². The van der Waals surface area contributed by atoms with Crippen LogP contribution in [0.3, 0.4) is 0 Å². The molecule has 0 aromatic rings. The number of amides is 1. The molecule has 28 heavy (non-hydrogen) atoms. The molecule has 4 atom stereocenters. The molecule has 0 saturated heterocycles. The van der Waals surface area contributed by atoms with Crippen LogP contribution in [0.1, 0.15) is 66.2 Å². The molecule has 3 aliphatic rings. The lowest BCUT2D eigenvalue weighted by Crippen LogP contribution is -2.56. The number of hydrogen-bond donors (Lipinski definition) is 3. The predicted octanol–water partition coefficient (Wildman–Crippen LogP) is 3.82. The van der Waals surface area contributed by atoms with Gasteiger partial charge in [0.2, 0.25) is 5.91 Å². The summed E-state index contributed by atoms with van der Waals surface area (Å²) in [5, 5.41) is 15.2. The van der Waals surface area contributed by atoms with Crippen LogP contribution in [0.2, 0.25) is 0 Å². The smallest absolute Gasteiger partial charge is 0.226 e. The quantitative estimate of drug-likeness (QED) is 0.581. The second-order valence-corrected chi connectivity index (χ2v) is 9.96. The third-order valence-electron chi connectivity index (χ3n) is 7.97. The monoisotopic (exact) mass is 388 g/mol. The molecule has 1 fully saturated rings. The molecule has 0 radical (unpaired) electrons. The maximum atomic E-state index is 13.2. The highest BCUT2D eigenvalue weighted by Crippen LogP contribution is 2.62. The highest BCUT2D eigenvalue weighted by molar-refractivity contribution is 5.83. The van der Waals surface area contributed by atoms with Crippen molar-refractivity contribution in [2.24, 2.45) is 28.6 Å². The number of nitrogens with one attached hydrogen (secondary N) is 2. The zero-order valence-electron chi connectivity index (χ0n) is 18.3. The van der Waals surface area contributed by atoms with Crippen LogP contribution in [-0.2, 0) is 4.79 Å². The fourth-order valence-electron chi connectivity index (χ4n) is 6.29. The van der Waals surface area contributed by atoms with Crippen molar-refractivity contribution in [1.29, 1.82) is 0 Å². The van der Waals surface area contributed by atoms with Crippen molar-refractivity contribution < 1.29 is 9.90 Å². The van der Waals surface area contributed by atoms with Crippen LogP contribution in [0.5, 0.6) is 0 Å². The molecule has 0 bridgehead atoms. The van der Waals surface area contributed by atoms with Gasteiger partial charge in [-0.05, 0) is 60.8 Å². The van der Waals surface area contributed by atoms with E-state index < -0.39 is 0 Å². The zero-order chi connectivity index (χ0) is 20.4. The van der Waals surface area contributed by atoms with Crippen molar-refractivity contribution in [1.82, 2.24) is 10.6 Å². The molecule has 1 amide bonds. The van der Waals surface area contributed by atoms with Crippen LogP contribution in [0.4, 0.5) is 0 Å². The van der Waals surface area contributed by atoms with Crippen LogP contribution < -0.4 is 10.6 Å². The summed E-state index contributed by atoms with van der Waals surface area (Å²) < 4.78 is 0. The molecule has 1 saturated carbocycles. The Morgan fingerprint density at radius 2 is 2.04 bits per heavy atom. The number of allylic oxidation sites excluding steroid dienone is 4. The van der Waals surface area contributed by atoms with Crippen molar-refractivity contribution in [2.45, 2.75) is 66.2 Å². The third kappa shape index (κ3) is 3.95. The average Bonchev–Trinajstić information content (AvgIpc) is 2.67. The summed E-state index contributed by atoms with van der Waals surface area (Å²) in [5.74, 6) is 1.88. The number of aliphatic hydroxyl groups excluding tert-OH is 1. The molecular weight excluding hydrogens is 348 g/mol. The first kappa shape index (κ1) is 21.6. The van der Waals surface area contributed by atoms with Gasteiger partial charge in [-0.15, -0.1) is 0 Å². The number of carbonyl (C=O) groups excluding carboxylic acids is 1. The first-order valence-electron chi connectivity index (χ1n) is 11.3. The van der Waals surface area contributed by atoms with Crippen LogP contribution in [0, 0.1) is 28.6 Å². The van der Waals surface area contributed by atoms with E-state index in [4.69, 9.17) is 5.11 Å². The largest absolute Gasteiger partial charge is 0.395 e. The van der Waals surface area contributed by atoms with Gasteiger partial charge in [0, 0.05) is 19.6 Å². The molecule has 0 aromatic heterocycles. The Morgan fingerprint density at radius 3 is 2.75 bits per heavy atom. The number of rotatable bonds is 7. The Morgan fingerprint density at radius 1 is 1.25 bits per heavy atom. The minimum absolute atomic E-state index is 0.134. The van der Waals surface area contributed by atoms with E-state index in [1.54, 1.807) is 11.1 Å². The van der Waals surface area contributed by atoms with E-state index in [1.807, 2.05) is 0 Å². The molecule has 3 aliphatic carbocycles. The summed E-state index contributed by atoms with van der Waals surface area (Å²) >= 11 is 0. The van der Waals surface area contributed by atoms with Crippen molar-refractivity contribution in [3.8, 4) is 0 Å². The molecule has 3 rings (SSSR count). The number of fused-ring (bicyclic) bond motifs is 3. The van der Waals surface area contributed by atoms with Gasteiger partial charge in [0.25, 0.3) is 0 Å². The molecule has 0 unspecified atom stereocenters. The Balaban J connectivity index is 1.76. The summed E-state index contributed by atoms with van der Waals surface area (Å²) in [6.07, 6.45) is 11.8. The Bertz CT molecular complexity index is 639. The van der Waals surface area contributed by atoms with Crippen molar-refractivity contribution in [2.75, 3.05) is 26.2 Å². The minimum Gasteiger partial charge on any atom is -0.395 e. The van der Waals surface area contributed by atoms with Crippen molar-refractivity contribution in [3.63, 3.8) is 0 Å². The molecule has 0 aromatic carbocycles. The van der Waals surface area contributed by atoms with E-state index in [0.717, 1.165) is 19.3 Å². The van der Waals surface area contributed by atoms with Crippen molar-refractivity contribution >= 4 is 5.91 Å². The standard InChI is InChI=1S/C24H40N2O2/c1-17(2)18-6-8-20-19(16-18)7-9-21-23(20,3)10-5-11-24(21,4)22(28)26-13-12-25-14-15-27/h7,16-17,20-21,25,27H,5-6,8-15H2,1-4H3,(H,26,28)/t20-,21+,23+,24+/m0/s1. The Labute approximate surface area is 171 Å². The second kappa shape index (κ2) is 8.71. The van der Waals surface area contributed by atoms with Gasteiger partial charge in [0.1, 0.15) is 0 Å². The SMILES string of the molecule is CC(C)C1=CC2=CC[C@@H]3[C@](C)(CCC[C@@]3(C)C(=O)NCCNCCO)[C@H]2CC1.